The van der Waals surface area contributed by atoms with E-state index in [9.17, 15) is 4.79 Å². The summed E-state index contributed by atoms with van der Waals surface area (Å²) in [6, 6.07) is 0. The van der Waals surface area contributed by atoms with Gasteiger partial charge in [0.15, 0.2) is 0 Å². The molecule has 4 heteroatoms. The zero-order valence-corrected chi connectivity index (χ0v) is 10.2. The number of nitrogens with zero attached hydrogens (tertiary/aromatic N) is 2. The van der Waals surface area contributed by atoms with E-state index in [0.29, 0.717) is 5.91 Å². The van der Waals surface area contributed by atoms with Crippen molar-refractivity contribution in [2.24, 2.45) is 5.92 Å². The Bertz CT molecular complexity index is 238. The van der Waals surface area contributed by atoms with Crippen molar-refractivity contribution < 1.29 is 4.79 Å². The molecule has 2 saturated heterocycles. The topological polar surface area (TPSA) is 35.6 Å². The van der Waals surface area contributed by atoms with Crippen molar-refractivity contribution in [1.82, 2.24) is 15.1 Å². The average molecular weight is 225 g/mol. The van der Waals surface area contributed by atoms with Gasteiger partial charge in [-0.1, -0.05) is 0 Å². The smallest absolute Gasteiger partial charge is 0.227 e. The molecule has 92 valence electrons. The molecule has 0 aromatic heterocycles. The fourth-order valence-corrected chi connectivity index (χ4v) is 2.59. The minimum atomic E-state index is 0.233. The molecule has 0 saturated carbocycles. The van der Waals surface area contributed by atoms with E-state index in [1.54, 1.807) is 0 Å². The highest BCUT2D eigenvalue weighted by atomic mass is 16.2. The number of carbonyl (C=O) groups excluding carboxylic acids is 1. The Kier molecular flexibility index (Phi) is 4.18. The van der Waals surface area contributed by atoms with Gasteiger partial charge in [0.05, 0.1) is 5.92 Å². The van der Waals surface area contributed by atoms with E-state index < -0.39 is 0 Å². The Morgan fingerprint density at radius 2 is 2.06 bits per heavy atom. The van der Waals surface area contributed by atoms with E-state index in [-0.39, 0.29) is 5.92 Å². The summed E-state index contributed by atoms with van der Waals surface area (Å²) in [5.41, 5.74) is 0. The first kappa shape index (κ1) is 11.9. The number of likely N-dealkylation sites (N-methyl/N-ethyl adjacent to an activating group) is 1. The second kappa shape index (κ2) is 5.64. The minimum Gasteiger partial charge on any atom is -0.341 e. The van der Waals surface area contributed by atoms with Crippen molar-refractivity contribution in [3.05, 3.63) is 0 Å². The first-order valence-electron chi connectivity index (χ1n) is 6.45. The number of hydrogen-bond acceptors (Lipinski definition) is 3. The summed E-state index contributed by atoms with van der Waals surface area (Å²) in [6.45, 7) is 5.95. The predicted octanol–water partition coefficient (Wildman–Crippen LogP) is 0.150. The van der Waals surface area contributed by atoms with E-state index in [0.717, 1.165) is 58.5 Å². The maximum absolute atomic E-state index is 12.3. The molecule has 0 bridgehead atoms. The predicted molar refractivity (Wildman–Crippen MR) is 64.3 cm³/mol. The summed E-state index contributed by atoms with van der Waals surface area (Å²) in [6.07, 6.45) is 3.32. The van der Waals surface area contributed by atoms with Gasteiger partial charge in [-0.25, -0.2) is 0 Å². The second-order valence-electron chi connectivity index (χ2n) is 5.03. The molecule has 2 aliphatic heterocycles. The van der Waals surface area contributed by atoms with Crippen LogP contribution in [0.1, 0.15) is 19.3 Å². The molecule has 16 heavy (non-hydrogen) atoms. The highest BCUT2D eigenvalue weighted by molar-refractivity contribution is 5.79. The minimum absolute atomic E-state index is 0.233. The van der Waals surface area contributed by atoms with Gasteiger partial charge >= 0.3 is 0 Å². The number of nitrogens with one attached hydrogen (secondary N) is 1. The fraction of sp³-hybridized carbons (Fsp3) is 0.917. The average Bonchev–Trinajstić information content (AvgIpc) is 2.54. The van der Waals surface area contributed by atoms with Crippen molar-refractivity contribution in [2.75, 3.05) is 46.3 Å². The van der Waals surface area contributed by atoms with Crippen LogP contribution in [-0.4, -0.2) is 62.0 Å². The summed E-state index contributed by atoms with van der Waals surface area (Å²) < 4.78 is 0. The summed E-state index contributed by atoms with van der Waals surface area (Å²) in [7, 11) is 2.14. The maximum Gasteiger partial charge on any atom is 0.227 e. The molecule has 0 unspecified atom stereocenters. The van der Waals surface area contributed by atoms with Gasteiger partial charge in [0.2, 0.25) is 5.91 Å². The summed E-state index contributed by atoms with van der Waals surface area (Å²) in [5, 5.41) is 3.32. The normalized spacial score (nSPS) is 28.8. The Hall–Kier alpha value is -0.610. The lowest BCUT2D eigenvalue weighted by Crippen LogP contribution is -2.44. The number of hydrogen-bond donors (Lipinski definition) is 1. The van der Waals surface area contributed by atoms with Crippen LogP contribution in [0.5, 0.6) is 0 Å². The maximum atomic E-state index is 12.3. The first-order valence-corrected chi connectivity index (χ1v) is 6.45. The molecule has 1 atom stereocenters. The largest absolute Gasteiger partial charge is 0.341 e. The van der Waals surface area contributed by atoms with Gasteiger partial charge in [0.1, 0.15) is 0 Å². The van der Waals surface area contributed by atoms with Gasteiger partial charge < -0.3 is 15.1 Å². The number of piperidine rings is 1. The van der Waals surface area contributed by atoms with Gasteiger partial charge in [-0.05, 0) is 39.4 Å². The van der Waals surface area contributed by atoms with Gasteiger partial charge in [-0.15, -0.1) is 0 Å². The highest BCUT2D eigenvalue weighted by Crippen LogP contribution is 2.14. The monoisotopic (exact) mass is 225 g/mol. The SMILES string of the molecule is CN1CCCN(C(=O)[C@@H]2CCCNC2)CC1. The third-order valence-corrected chi connectivity index (χ3v) is 3.68. The van der Waals surface area contributed by atoms with Gasteiger partial charge in [0.25, 0.3) is 0 Å². The van der Waals surface area contributed by atoms with Crippen LogP contribution in [0.25, 0.3) is 0 Å². The summed E-state index contributed by atoms with van der Waals surface area (Å²) in [4.78, 5) is 16.7. The van der Waals surface area contributed by atoms with Gasteiger partial charge in [0, 0.05) is 26.2 Å². The second-order valence-corrected chi connectivity index (χ2v) is 5.03. The molecule has 2 fully saturated rings. The molecule has 0 aliphatic carbocycles. The van der Waals surface area contributed by atoms with Crippen LogP contribution >= 0.6 is 0 Å². The number of amides is 1. The first-order chi connectivity index (χ1) is 7.77. The van der Waals surface area contributed by atoms with Crippen molar-refractivity contribution in [3.63, 3.8) is 0 Å². The molecule has 1 amide bonds. The lowest BCUT2D eigenvalue weighted by atomic mass is 9.98. The molecule has 1 N–H and O–H groups in total. The molecule has 0 aromatic carbocycles. The van der Waals surface area contributed by atoms with Crippen molar-refractivity contribution in [1.29, 1.82) is 0 Å². The van der Waals surface area contributed by atoms with E-state index in [1.807, 2.05) is 0 Å². The van der Waals surface area contributed by atoms with E-state index in [4.69, 9.17) is 0 Å². The Balaban J connectivity index is 1.87. The lowest BCUT2D eigenvalue weighted by molar-refractivity contribution is -0.135. The van der Waals surface area contributed by atoms with Crippen molar-refractivity contribution in [3.8, 4) is 0 Å². The van der Waals surface area contributed by atoms with Crippen LogP contribution in [0.3, 0.4) is 0 Å². The summed E-state index contributed by atoms with van der Waals surface area (Å²) >= 11 is 0. The van der Waals surface area contributed by atoms with Crippen LogP contribution < -0.4 is 5.32 Å². The van der Waals surface area contributed by atoms with Crippen molar-refractivity contribution >= 4 is 5.91 Å². The molecule has 0 radical (unpaired) electrons. The third kappa shape index (κ3) is 2.95. The van der Waals surface area contributed by atoms with E-state index in [1.165, 1.54) is 0 Å². The lowest BCUT2D eigenvalue weighted by Gasteiger charge is -2.28. The Morgan fingerprint density at radius 1 is 1.19 bits per heavy atom. The van der Waals surface area contributed by atoms with Gasteiger partial charge in [-0.2, -0.15) is 0 Å². The Labute approximate surface area is 98.0 Å². The molecule has 2 rings (SSSR count). The Morgan fingerprint density at radius 3 is 2.81 bits per heavy atom. The standard InChI is InChI=1S/C12H23N3O/c1-14-6-3-7-15(9-8-14)12(16)11-4-2-5-13-10-11/h11,13H,2-10H2,1H3/t11-/m1/s1. The molecule has 0 aromatic rings. The molecule has 2 heterocycles. The summed E-state index contributed by atoms with van der Waals surface area (Å²) in [5.74, 6) is 0.611. The number of rotatable bonds is 1. The van der Waals surface area contributed by atoms with Crippen LogP contribution in [0.4, 0.5) is 0 Å². The zero-order chi connectivity index (χ0) is 11.4. The van der Waals surface area contributed by atoms with Crippen molar-refractivity contribution in [2.45, 2.75) is 19.3 Å². The third-order valence-electron chi connectivity index (χ3n) is 3.68. The van der Waals surface area contributed by atoms with Crippen LogP contribution in [0.2, 0.25) is 0 Å². The van der Waals surface area contributed by atoms with Crippen LogP contribution in [0, 0.1) is 5.92 Å². The molecular weight excluding hydrogens is 202 g/mol. The fourth-order valence-electron chi connectivity index (χ4n) is 2.59. The van der Waals surface area contributed by atoms with E-state index >= 15 is 0 Å². The van der Waals surface area contributed by atoms with Crippen LogP contribution in [0.15, 0.2) is 0 Å². The van der Waals surface area contributed by atoms with Crippen LogP contribution in [-0.2, 0) is 4.79 Å². The number of carbonyl (C=O) groups is 1. The van der Waals surface area contributed by atoms with E-state index in [2.05, 4.69) is 22.2 Å². The van der Waals surface area contributed by atoms with Gasteiger partial charge in [-0.3, -0.25) is 4.79 Å². The molecular formula is C12H23N3O. The molecule has 4 nitrogen and oxygen atoms in total. The molecule has 0 spiro atoms. The highest BCUT2D eigenvalue weighted by Gasteiger charge is 2.26. The zero-order valence-electron chi connectivity index (χ0n) is 10.2. The molecule has 2 aliphatic rings. The quantitative estimate of drug-likeness (QED) is 0.690.